The van der Waals surface area contributed by atoms with Gasteiger partial charge >= 0.3 is 0 Å². The van der Waals surface area contributed by atoms with Gasteiger partial charge in [0.05, 0.1) is 0 Å². The molecule has 0 radical (unpaired) electrons. The van der Waals surface area contributed by atoms with Crippen LogP contribution in [0.4, 0.5) is 0 Å². The van der Waals surface area contributed by atoms with Crippen LogP contribution in [0.25, 0.3) is 0 Å². The fourth-order valence-electron chi connectivity index (χ4n) is 2.79. The van der Waals surface area contributed by atoms with Crippen LogP contribution in [0, 0.1) is 0 Å². The van der Waals surface area contributed by atoms with E-state index in [1.807, 2.05) is 30.3 Å². The van der Waals surface area contributed by atoms with Crippen LogP contribution < -0.4 is 5.32 Å². The molecule has 2 aliphatic rings. The van der Waals surface area contributed by atoms with E-state index in [0.717, 1.165) is 31.6 Å². The molecular formula is C14H21N3O. The highest BCUT2D eigenvalue weighted by Crippen LogP contribution is 2.36. The van der Waals surface area contributed by atoms with Crippen molar-refractivity contribution < 1.29 is 4.79 Å². The van der Waals surface area contributed by atoms with Crippen LogP contribution in [0.5, 0.6) is 0 Å². The van der Waals surface area contributed by atoms with Crippen LogP contribution in [-0.4, -0.2) is 41.6 Å². The fraction of sp³-hybridized carbons (Fsp3) is 0.643. The third-order valence-electron chi connectivity index (χ3n) is 4.12. The first-order valence-electron chi connectivity index (χ1n) is 6.92. The smallest absolute Gasteiger partial charge is 0.270 e. The molecule has 0 bridgehead atoms. The molecule has 3 rings (SSSR count). The molecule has 0 spiro atoms. The van der Waals surface area contributed by atoms with Gasteiger partial charge in [0.1, 0.15) is 5.69 Å². The Bertz CT molecular complexity index is 430. The van der Waals surface area contributed by atoms with Gasteiger partial charge in [-0.25, -0.2) is 0 Å². The maximum Gasteiger partial charge on any atom is 0.270 e. The highest BCUT2D eigenvalue weighted by atomic mass is 16.2. The standard InChI is InChI=1S/C14H21N3O/c1-16(11-6-8-15-9-7-11)14(18)13-3-2-10-17(13)12-4-5-12/h2-3,10-12,15H,4-9H2,1H3. The summed E-state index contributed by atoms with van der Waals surface area (Å²) in [6.07, 6.45) is 6.60. The van der Waals surface area contributed by atoms with Crippen molar-refractivity contribution in [1.29, 1.82) is 0 Å². The van der Waals surface area contributed by atoms with E-state index in [4.69, 9.17) is 0 Å². The average Bonchev–Trinajstić information content (AvgIpc) is 3.15. The molecular weight excluding hydrogens is 226 g/mol. The summed E-state index contributed by atoms with van der Waals surface area (Å²) in [6.45, 7) is 2.04. The molecule has 1 aromatic rings. The van der Waals surface area contributed by atoms with E-state index in [0.29, 0.717) is 12.1 Å². The molecule has 1 aromatic heterocycles. The van der Waals surface area contributed by atoms with Gasteiger partial charge in [0.15, 0.2) is 0 Å². The van der Waals surface area contributed by atoms with E-state index in [9.17, 15) is 4.79 Å². The van der Waals surface area contributed by atoms with Crippen molar-refractivity contribution in [2.45, 2.75) is 37.8 Å². The zero-order valence-corrected chi connectivity index (χ0v) is 10.9. The first-order chi connectivity index (χ1) is 8.77. The predicted octanol–water partition coefficient (Wildman–Crippen LogP) is 1.65. The first-order valence-corrected chi connectivity index (χ1v) is 6.92. The van der Waals surface area contributed by atoms with Gasteiger partial charge in [-0.3, -0.25) is 4.79 Å². The third kappa shape index (κ3) is 2.17. The Morgan fingerprint density at radius 3 is 2.72 bits per heavy atom. The van der Waals surface area contributed by atoms with E-state index in [1.54, 1.807) is 0 Å². The Hall–Kier alpha value is -1.29. The summed E-state index contributed by atoms with van der Waals surface area (Å²) in [5.41, 5.74) is 0.860. The van der Waals surface area contributed by atoms with Crippen molar-refractivity contribution in [3.05, 3.63) is 24.0 Å². The SMILES string of the molecule is CN(C(=O)c1cccn1C1CC1)C1CCNCC1. The Balaban J connectivity index is 1.74. The number of nitrogens with one attached hydrogen (secondary N) is 1. The second-order valence-corrected chi connectivity index (χ2v) is 5.43. The molecule has 4 heteroatoms. The van der Waals surface area contributed by atoms with E-state index in [-0.39, 0.29) is 5.91 Å². The summed E-state index contributed by atoms with van der Waals surface area (Å²) in [6, 6.07) is 4.90. The van der Waals surface area contributed by atoms with Gasteiger partial charge < -0.3 is 14.8 Å². The lowest BCUT2D eigenvalue weighted by molar-refractivity contribution is 0.0692. The largest absolute Gasteiger partial charge is 0.340 e. The highest BCUT2D eigenvalue weighted by molar-refractivity contribution is 5.93. The molecule has 1 N–H and O–H groups in total. The van der Waals surface area contributed by atoms with E-state index in [1.165, 1.54) is 12.8 Å². The maximum absolute atomic E-state index is 12.5. The molecule has 1 aliphatic carbocycles. The normalized spacial score (nSPS) is 20.9. The minimum atomic E-state index is 0.179. The van der Waals surface area contributed by atoms with Gasteiger partial charge in [-0.2, -0.15) is 0 Å². The van der Waals surface area contributed by atoms with Gasteiger partial charge in [-0.05, 0) is 50.9 Å². The minimum absolute atomic E-state index is 0.179. The van der Waals surface area contributed by atoms with E-state index < -0.39 is 0 Å². The Morgan fingerprint density at radius 1 is 1.33 bits per heavy atom. The third-order valence-corrected chi connectivity index (χ3v) is 4.12. The highest BCUT2D eigenvalue weighted by Gasteiger charge is 2.29. The van der Waals surface area contributed by atoms with Gasteiger partial charge in [-0.15, -0.1) is 0 Å². The topological polar surface area (TPSA) is 37.3 Å². The van der Waals surface area contributed by atoms with Gasteiger partial charge in [0.2, 0.25) is 0 Å². The molecule has 1 saturated carbocycles. The Labute approximate surface area is 108 Å². The van der Waals surface area contributed by atoms with Crippen molar-refractivity contribution in [3.8, 4) is 0 Å². The quantitative estimate of drug-likeness (QED) is 0.882. The monoisotopic (exact) mass is 247 g/mol. The lowest BCUT2D eigenvalue weighted by atomic mass is 10.1. The summed E-state index contributed by atoms with van der Waals surface area (Å²) in [7, 11) is 1.95. The number of hydrogen-bond acceptors (Lipinski definition) is 2. The summed E-state index contributed by atoms with van der Waals surface area (Å²) in [5, 5.41) is 3.34. The number of carbonyl (C=O) groups is 1. The van der Waals surface area contributed by atoms with Crippen LogP contribution in [0.3, 0.4) is 0 Å². The predicted molar refractivity (Wildman–Crippen MR) is 70.7 cm³/mol. The summed E-state index contributed by atoms with van der Waals surface area (Å²) in [4.78, 5) is 14.5. The number of carbonyl (C=O) groups excluding carboxylic acids is 1. The van der Waals surface area contributed by atoms with Crippen LogP contribution >= 0.6 is 0 Å². The van der Waals surface area contributed by atoms with Crippen molar-refractivity contribution in [2.24, 2.45) is 0 Å². The van der Waals surface area contributed by atoms with Crippen molar-refractivity contribution in [2.75, 3.05) is 20.1 Å². The van der Waals surface area contributed by atoms with Crippen LogP contribution in [0.2, 0.25) is 0 Å². The Kier molecular flexibility index (Phi) is 3.12. The number of rotatable bonds is 3. The fourth-order valence-corrected chi connectivity index (χ4v) is 2.79. The molecule has 0 aromatic carbocycles. The van der Waals surface area contributed by atoms with Crippen LogP contribution in [-0.2, 0) is 0 Å². The number of amides is 1. The van der Waals surface area contributed by atoms with E-state index in [2.05, 4.69) is 9.88 Å². The number of piperidine rings is 1. The van der Waals surface area contributed by atoms with Gasteiger partial charge in [-0.1, -0.05) is 0 Å². The molecule has 2 fully saturated rings. The molecule has 98 valence electrons. The summed E-state index contributed by atoms with van der Waals surface area (Å²) in [5.74, 6) is 0.179. The summed E-state index contributed by atoms with van der Waals surface area (Å²) < 4.78 is 2.15. The molecule has 18 heavy (non-hydrogen) atoms. The molecule has 2 heterocycles. The Morgan fingerprint density at radius 2 is 2.06 bits per heavy atom. The maximum atomic E-state index is 12.5. The molecule has 1 saturated heterocycles. The average molecular weight is 247 g/mol. The van der Waals surface area contributed by atoms with Crippen molar-refractivity contribution in [1.82, 2.24) is 14.8 Å². The number of aromatic nitrogens is 1. The lowest BCUT2D eigenvalue weighted by Gasteiger charge is -2.31. The van der Waals surface area contributed by atoms with E-state index >= 15 is 0 Å². The molecule has 1 aliphatic heterocycles. The van der Waals surface area contributed by atoms with Crippen molar-refractivity contribution >= 4 is 5.91 Å². The minimum Gasteiger partial charge on any atom is -0.340 e. The first kappa shape index (κ1) is 11.8. The zero-order chi connectivity index (χ0) is 12.5. The lowest BCUT2D eigenvalue weighted by Crippen LogP contribution is -2.44. The molecule has 4 nitrogen and oxygen atoms in total. The van der Waals surface area contributed by atoms with Gasteiger partial charge in [0, 0.05) is 25.3 Å². The summed E-state index contributed by atoms with van der Waals surface area (Å²) >= 11 is 0. The molecule has 1 amide bonds. The van der Waals surface area contributed by atoms with Gasteiger partial charge in [0.25, 0.3) is 5.91 Å². The number of nitrogens with zero attached hydrogens (tertiary/aromatic N) is 2. The second kappa shape index (κ2) is 4.76. The number of hydrogen-bond donors (Lipinski definition) is 1. The van der Waals surface area contributed by atoms with Crippen LogP contribution in [0.1, 0.15) is 42.2 Å². The zero-order valence-electron chi connectivity index (χ0n) is 10.9. The second-order valence-electron chi connectivity index (χ2n) is 5.43. The van der Waals surface area contributed by atoms with Crippen LogP contribution in [0.15, 0.2) is 18.3 Å². The molecule has 0 atom stereocenters. The van der Waals surface area contributed by atoms with Crippen molar-refractivity contribution in [3.63, 3.8) is 0 Å². The molecule has 0 unspecified atom stereocenters.